The summed E-state index contributed by atoms with van der Waals surface area (Å²) in [6.45, 7) is 0.150. The van der Waals surface area contributed by atoms with Crippen LogP contribution in [0.15, 0.2) is 41.3 Å². The first-order chi connectivity index (χ1) is 11.6. The van der Waals surface area contributed by atoms with E-state index in [0.29, 0.717) is 22.5 Å². The highest BCUT2D eigenvalue weighted by molar-refractivity contribution is 9.10. The second-order valence-corrected chi connectivity index (χ2v) is 5.84. The van der Waals surface area contributed by atoms with Crippen LogP contribution in [0, 0.1) is 17.1 Å². The van der Waals surface area contributed by atoms with Gasteiger partial charge in [-0.3, -0.25) is 4.98 Å². The summed E-state index contributed by atoms with van der Waals surface area (Å²) in [5.74, 6) is 0.0729. The lowest BCUT2D eigenvalue weighted by Crippen LogP contribution is -2.14. The van der Waals surface area contributed by atoms with Crippen molar-refractivity contribution in [3.8, 4) is 11.8 Å². The molecule has 0 saturated heterocycles. The van der Waals surface area contributed by atoms with Gasteiger partial charge >= 0.3 is 0 Å². The van der Waals surface area contributed by atoms with Crippen LogP contribution < -0.4 is 4.74 Å². The SMILES string of the molecule is COC(COc1cc(Br)cn2ncc(C#N)c12)c1ccc(F)cn1. The Bertz CT molecular complexity index is 905. The highest BCUT2D eigenvalue weighted by Gasteiger charge is 2.16. The minimum atomic E-state index is -0.474. The van der Waals surface area contributed by atoms with E-state index >= 15 is 0 Å². The second-order valence-electron chi connectivity index (χ2n) is 4.92. The maximum absolute atomic E-state index is 13.0. The zero-order valence-electron chi connectivity index (χ0n) is 12.6. The predicted molar refractivity (Wildman–Crippen MR) is 87.0 cm³/mol. The zero-order valence-corrected chi connectivity index (χ0v) is 14.2. The van der Waals surface area contributed by atoms with Crippen LogP contribution in [-0.4, -0.2) is 28.3 Å². The van der Waals surface area contributed by atoms with E-state index in [4.69, 9.17) is 9.47 Å². The molecule has 0 aliphatic carbocycles. The summed E-state index contributed by atoms with van der Waals surface area (Å²) in [6, 6.07) is 6.70. The minimum absolute atomic E-state index is 0.150. The molecule has 1 unspecified atom stereocenters. The molecule has 0 saturated carbocycles. The average molecular weight is 391 g/mol. The summed E-state index contributed by atoms with van der Waals surface area (Å²) in [5.41, 5.74) is 1.54. The van der Waals surface area contributed by atoms with E-state index in [9.17, 15) is 9.65 Å². The fourth-order valence-electron chi connectivity index (χ4n) is 2.26. The molecule has 0 radical (unpaired) electrons. The Morgan fingerprint density at radius 1 is 1.42 bits per heavy atom. The van der Waals surface area contributed by atoms with Crippen LogP contribution in [0.4, 0.5) is 4.39 Å². The van der Waals surface area contributed by atoms with Crippen molar-refractivity contribution in [1.82, 2.24) is 14.6 Å². The molecule has 1 atom stereocenters. The molecule has 0 fully saturated rings. The number of halogens is 2. The number of methoxy groups -OCH3 is 1. The third-order valence-corrected chi connectivity index (χ3v) is 3.85. The largest absolute Gasteiger partial charge is 0.488 e. The number of pyridine rings is 2. The summed E-state index contributed by atoms with van der Waals surface area (Å²) in [5, 5.41) is 13.3. The number of aromatic nitrogens is 3. The van der Waals surface area contributed by atoms with Crippen LogP contribution >= 0.6 is 15.9 Å². The third-order valence-electron chi connectivity index (χ3n) is 3.42. The van der Waals surface area contributed by atoms with Crippen molar-refractivity contribution in [2.45, 2.75) is 6.10 Å². The molecule has 0 amide bonds. The Labute approximate surface area is 145 Å². The Morgan fingerprint density at radius 2 is 2.25 bits per heavy atom. The first-order valence-electron chi connectivity index (χ1n) is 6.96. The number of ether oxygens (including phenoxy) is 2. The first-order valence-corrected chi connectivity index (χ1v) is 7.75. The molecule has 3 rings (SSSR count). The van der Waals surface area contributed by atoms with Gasteiger partial charge in [-0.25, -0.2) is 8.91 Å². The van der Waals surface area contributed by atoms with Gasteiger partial charge in [-0.05, 0) is 34.1 Å². The van der Waals surface area contributed by atoms with Gasteiger partial charge in [0.15, 0.2) is 0 Å². The van der Waals surface area contributed by atoms with E-state index in [0.717, 1.165) is 10.7 Å². The number of nitrogens with zero attached hydrogens (tertiary/aromatic N) is 4. The zero-order chi connectivity index (χ0) is 17.1. The third kappa shape index (κ3) is 3.22. The minimum Gasteiger partial charge on any atom is -0.488 e. The van der Waals surface area contributed by atoms with Gasteiger partial charge in [0.2, 0.25) is 0 Å². The molecule has 24 heavy (non-hydrogen) atoms. The van der Waals surface area contributed by atoms with Gasteiger partial charge in [0, 0.05) is 17.8 Å². The van der Waals surface area contributed by atoms with E-state index in [1.165, 1.54) is 19.4 Å². The highest BCUT2D eigenvalue weighted by Crippen LogP contribution is 2.28. The van der Waals surface area contributed by atoms with Crippen molar-refractivity contribution < 1.29 is 13.9 Å². The molecule has 3 aromatic heterocycles. The molecule has 0 aliphatic rings. The topological polar surface area (TPSA) is 72.4 Å². The van der Waals surface area contributed by atoms with E-state index in [-0.39, 0.29) is 6.61 Å². The number of hydrogen-bond acceptors (Lipinski definition) is 5. The Balaban J connectivity index is 1.88. The fourth-order valence-corrected chi connectivity index (χ4v) is 2.66. The maximum Gasteiger partial charge on any atom is 0.147 e. The predicted octanol–water partition coefficient (Wildman–Crippen LogP) is 3.27. The smallest absolute Gasteiger partial charge is 0.147 e. The first kappa shape index (κ1) is 16.4. The molecule has 122 valence electrons. The summed E-state index contributed by atoms with van der Waals surface area (Å²) in [7, 11) is 1.52. The van der Waals surface area contributed by atoms with Gasteiger partial charge in [0.1, 0.15) is 41.4 Å². The monoisotopic (exact) mass is 390 g/mol. The Kier molecular flexibility index (Phi) is 4.74. The van der Waals surface area contributed by atoms with Gasteiger partial charge < -0.3 is 9.47 Å². The fraction of sp³-hybridized carbons (Fsp3) is 0.188. The summed E-state index contributed by atoms with van der Waals surface area (Å²) < 4.78 is 26.5. The molecular weight excluding hydrogens is 379 g/mol. The van der Waals surface area contributed by atoms with Crippen LogP contribution in [0.25, 0.3) is 5.52 Å². The lowest BCUT2D eigenvalue weighted by atomic mass is 10.2. The molecular formula is C16H12BrFN4O2. The van der Waals surface area contributed by atoms with E-state index in [2.05, 4.69) is 32.1 Å². The van der Waals surface area contributed by atoms with Crippen LogP contribution in [0.5, 0.6) is 5.75 Å². The number of hydrogen-bond donors (Lipinski definition) is 0. The van der Waals surface area contributed by atoms with Crippen molar-refractivity contribution in [1.29, 1.82) is 5.26 Å². The van der Waals surface area contributed by atoms with E-state index < -0.39 is 11.9 Å². The molecule has 3 aromatic rings. The van der Waals surface area contributed by atoms with Crippen molar-refractivity contribution in [2.75, 3.05) is 13.7 Å². The summed E-state index contributed by atoms with van der Waals surface area (Å²) >= 11 is 3.38. The quantitative estimate of drug-likeness (QED) is 0.668. The molecule has 0 N–H and O–H groups in total. The summed E-state index contributed by atoms with van der Waals surface area (Å²) in [6.07, 6.45) is 3.87. The van der Waals surface area contributed by atoms with Crippen molar-refractivity contribution in [3.05, 3.63) is 58.3 Å². The lowest BCUT2D eigenvalue weighted by Gasteiger charge is -2.16. The number of nitriles is 1. The molecule has 6 nitrogen and oxygen atoms in total. The van der Waals surface area contributed by atoms with E-state index in [1.807, 2.05) is 0 Å². The van der Waals surface area contributed by atoms with Crippen molar-refractivity contribution >= 4 is 21.4 Å². The molecule has 0 bridgehead atoms. The molecule has 0 aliphatic heterocycles. The number of rotatable bonds is 5. The Morgan fingerprint density at radius 3 is 2.92 bits per heavy atom. The molecule has 0 aromatic carbocycles. The standard InChI is InChI=1S/C16H12BrFN4O2/c1-23-15(13-3-2-12(18)7-20-13)9-24-14-4-11(17)8-22-16(14)10(5-19)6-21-22/h2-4,6-8,15H,9H2,1H3. The van der Waals surface area contributed by atoms with Crippen LogP contribution in [-0.2, 0) is 4.74 Å². The summed E-state index contributed by atoms with van der Waals surface area (Å²) in [4.78, 5) is 4.01. The second kappa shape index (κ2) is 6.95. The molecule has 3 heterocycles. The maximum atomic E-state index is 13.0. The Hall–Kier alpha value is -2.50. The van der Waals surface area contributed by atoms with E-state index in [1.54, 1.807) is 22.8 Å². The number of fused-ring (bicyclic) bond motifs is 1. The molecule has 8 heteroatoms. The lowest BCUT2D eigenvalue weighted by molar-refractivity contribution is 0.0548. The van der Waals surface area contributed by atoms with Gasteiger partial charge in [-0.1, -0.05) is 0 Å². The molecule has 0 spiro atoms. The van der Waals surface area contributed by atoms with Gasteiger partial charge in [0.25, 0.3) is 0 Å². The highest BCUT2D eigenvalue weighted by atomic mass is 79.9. The van der Waals surface area contributed by atoms with Gasteiger partial charge in [-0.15, -0.1) is 0 Å². The average Bonchev–Trinajstić information content (AvgIpc) is 2.99. The normalized spacial score (nSPS) is 12.1. The van der Waals surface area contributed by atoms with Crippen LogP contribution in [0.1, 0.15) is 17.4 Å². The van der Waals surface area contributed by atoms with Gasteiger partial charge in [0.05, 0.1) is 18.1 Å². The van der Waals surface area contributed by atoms with Gasteiger partial charge in [-0.2, -0.15) is 10.4 Å². The van der Waals surface area contributed by atoms with Crippen LogP contribution in [0.2, 0.25) is 0 Å². The van der Waals surface area contributed by atoms with Crippen molar-refractivity contribution in [3.63, 3.8) is 0 Å². The van der Waals surface area contributed by atoms with Crippen molar-refractivity contribution in [2.24, 2.45) is 0 Å². The van der Waals surface area contributed by atoms with Crippen LogP contribution in [0.3, 0.4) is 0 Å².